The van der Waals surface area contributed by atoms with Gasteiger partial charge >= 0.3 is 0 Å². The van der Waals surface area contributed by atoms with E-state index in [0.29, 0.717) is 10.9 Å². The number of aromatic nitrogens is 2. The van der Waals surface area contributed by atoms with Gasteiger partial charge in [0.2, 0.25) is 0 Å². The van der Waals surface area contributed by atoms with Gasteiger partial charge in [-0.15, -0.1) is 0 Å². The summed E-state index contributed by atoms with van der Waals surface area (Å²) in [7, 11) is 0. The first kappa shape index (κ1) is 11.0. The second-order valence-corrected chi connectivity index (χ2v) is 3.85. The average molecular weight is 212 g/mol. The third kappa shape index (κ3) is 3.33. The highest BCUT2D eigenvalue weighted by Crippen LogP contribution is 2.10. The summed E-state index contributed by atoms with van der Waals surface area (Å²) in [5.74, 6) is 0.412. The summed E-state index contributed by atoms with van der Waals surface area (Å²) in [5.41, 5.74) is 0.586. The molecule has 0 aliphatic carbocycles. The van der Waals surface area contributed by atoms with Crippen molar-refractivity contribution in [3.8, 4) is 0 Å². The first-order valence-corrected chi connectivity index (χ1v) is 5.33. The van der Waals surface area contributed by atoms with Crippen molar-refractivity contribution >= 4 is 17.5 Å². The summed E-state index contributed by atoms with van der Waals surface area (Å²) in [6.07, 6.45) is 0.720. The molecule has 1 rings (SSSR count). The molecule has 0 aliphatic heterocycles. The van der Waals surface area contributed by atoms with Gasteiger partial charge in [0, 0.05) is 11.8 Å². The molecular weight excluding hydrogens is 200 g/mol. The lowest BCUT2D eigenvalue weighted by atomic mass is 10.3. The Morgan fingerprint density at radius 3 is 2.93 bits per heavy atom. The number of Topliss-reactive ketones (excluding diaryl/α,β-unsaturated/α-hetero) is 1. The predicted octanol–water partition coefficient (Wildman–Crippen LogP) is 1.01. The smallest absolute Gasteiger partial charge is 0.251 e. The fourth-order valence-electron chi connectivity index (χ4n) is 0.903. The first-order valence-electron chi connectivity index (χ1n) is 4.34. The van der Waals surface area contributed by atoms with E-state index in [1.165, 1.54) is 24.8 Å². The highest BCUT2D eigenvalue weighted by Gasteiger charge is 2.02. The lowest BCUT2D eigenvalue weighted by Crippen LogP contribution is -2.10. The molecule has 14 heavy (non-hydrogen) atoms. The van der Waals surface area contributed by atoms with E-state index in [1.807, 2.05) is 6.92 Å². The van der Waals surface area contributed by atoms with Gasteiger partial charge in [0.25, 0.3) is 5.56 Å². The van der Waals surface area contributed by atoms with E-state index >= 15 is 0 Å². The molecule has 0 radical (unpaired) electrons. The normalized spacial score (nSPS) is 10.1. The van der Waals surface area contributed by atoms with Crippen LogP contribution < -0.4 is 5.56 Å². The zero-order valence-electron chi connectivity index (χ0n) is 8.16. The Morgan fingerprint density at radius 1 is 1.64 bits per heavy atom. The van der Waals surface area contributed by atoms with Crippen molar-refractivity contribution in [2.24, 2.45) is 0 Å². The van der Waals surface area contributed by atoms with Crippen LogP contribution in [0.4, 0.5) is 0 Å². The standard InChI is InChI=1S/C9H12N2O2S/c1-3-7-4-8(13)11-9(10-7)14-5-6(2)12/h4H,3,5H2,1-2H3,(H,10,11,13). The molecule has 0 aromatic carbocycles. The van der Waals surface area contributed by atoms with Crippen LogP contribution in [0, 0.1) is 0 Å². The largest absolute Gasteiger partial charge is 0.301 e. The van der Waals surface area contributed by atoms with Crippen molar-refractivity contribution in [1.29, 1.82) is 0 Å². The van der Waals surface area contributed by atoms with Gasteiger partial charge < -0.3 is 4.98 Å². The van der Waals surface area contributed by atoms with Crippen LogP contribution in [-0.2, 0) is 11.2 Å². The van der Waals surface area contributed by atoms with E-state index in [1.54, 1.807) is 0 Å². The number of thioether (sulfide) groups is 1. The number of H-pyrrole nitrogens is 1. The highest BCUT2D eigenvalue weighted by molar-refractivity contribution is 7.99. The molecule has 0 fully saturated rings. The lowest BCUT2D eigenvalue weighted by Gasteiger charge is -2.00. The number of hydrogen-bond acceptors (Lipinski definition) is 4. The van der Waals surface area contributed by atoms with E-state index < -0.39 is 0 Å². The Labute approximate surface area is 86.1 Å². The number of carbonyl (C=O) groups excluding carboxylic acids is 1. The lowest BCUT2D eigenvalue weighted by molar-refractivity contribution is -0.114. The van der Waals surface area contributed by atoms with E-state index in [9.17, 15) is 9.59 Å². The number of aromatic amines is 1. The Kier molecular flexibility index (Phi) is 3.88. The fourth-order valence-corrected chi connectivity index (χ4v) is 1.60. The number of hydrogen-bond donors (Lipinski definition) is 1. The fraction of sp³-hybridized carbons (Fsp3) is 0.444. The van der Waals surface area contributed by atoms with Crippen molar-refractivity contribution in [1.82, 2.24) is 9.97 Å². The van der Waals surface area contributed by atoms with Crippen molar-refractivity contribution in [2.45, 2.75) is 25.4 Å². The second-order valence-electron chi connectivity index (χ2n) is 2.89. The number of rotatable bonds is 4. The quantitative estimate of drug-likeness (QED) is 0.597. The molecule has 0 aliphatic rings. The van der Waals surface area contributed by atoms with E-state index in [-0.39, 0.29) is 11.3 Å². The van der Waals surface area contributed by atoms with Gasteiger partial charge in [-0.2, -0.15) is 0 Å². The minimum atomic E-state index is -0.164. The number of nitrogens with one attached hydrogen (secondary N) is 1. The minimum Gasteiger partial charge on any atom is -0.301 e. The number of nitrogens with zero attached hydrogens (tertiary/aromatic N) is 1. The van der Waals surface area contributed by atoms with Gasteiger partial charge in [-0.25, -0.2) is 4.98 Å². The molecule has 0 saturated carbocycles. The molecule has 76 valence electrons. The maximum atomic E-state index is 11.1. The Balaban J connectivity index is 2.81. The van der Waals surface area contributed by atoms with E-state index in [4.69, 9.17) is 0 Å². The second kappa shape index (κ2) is 4.95. The van der Waals surface area contributed by atoms with Gasteiger partial charge in [0.15, 0.2) is 5.16 Å². The van der Waals surface area contributed by atoms with Crippen LogP contribution in [0.25, 0.3) is 0 Å². The molecule has 0 amide bonds. The molecular formula is C9H12N2O2S. The van der Waals surface area contributed by atoms with Crippen LogP contribution >= 0.6 is 11.8 Å². The summed E-state index contributed by atoms with van der Waals surface area (Å²) in [6, 6.07) is 1.47. The zero-order chi connectivity index (χ0) is 10.6. The summed E-state index contributed by atoms with van der Waals surface area (Å²) in [5, 5.41) is 0.518. The average Bonchev–Trinajstić information content (AvgIpc) is 2.14. The third-order valence-corrected chi connectivity index (χ3v) is 2.57. The van der Waals surface area contributed by atoms with Crippen LogP contribution in [0.15, 0.2) is 16.0 Å². The molecule has 0 atom stereocenters. The maximum Gasteiger partial charge on any atom is 0.251 e. The van der Waals surface area contributed by atoms with Crippen LogP contribution in [0.5, 0.6) is 0 Å². The molecule has 4 nitrogen and oxygen atoms in total. The maximum absolute atomic E-state index is 11.1. The van der Waals surface area contributed by atoms with Crippen molar-refractivity contribution in [3.63, 3.8) is 0 Å². The minimum absolute atomic E-state index is 0.0690. The highest BCUT2D eigenvalue weighted by atomic mass is 32.2. The van der Waals surface area contributed by atoms with Gasteiger partial charge in [-0.3, -0.25) is 9.59 Å². The molecule has 0 bridgehead atoms. The van der Waals surface area contributed by atoms with Crippen LogP contribution in [0.3, 0.4) is 0 Å². The third-order valence-electron chi connectivity index (χ3n) is 1.55. The van der Waals surface area contributed by atoms with Gasteiger partial charge in [-0.1, -0.05) is 18.7 Å². The number of aryl methyl sites for hydroxylation is 1. The van der Waals surface area contributed by atoms with E-state index in [0.717, 1.165) is 12.1 Å². The topological polar surface area (TPSA) is 62.8 Å². The van der Waals surface area contributed by atoms with Crippen LogP contribution in [0.1, 0.15) is 19.5 Å². The molecule has 0 spiro atoms. The molecule has 1 N–H and O–H groups in total. The van der Waals surface area contributed by atoms with Gasteiger partial charge in [0.05, 0.1) is 5.75 Å². The first-order chi connectivity index (χ1) is 6.61. The molecule has 0 saturated heterocycles. The summed E-state index contributed by atoms with van der Waals surface area (Å²) in [4.78, 5) is 28.6. The summed E-state index contributed by atoms with van der Waals surface area (Å²) < 4.78 is 0. The van der Waals surface area contributed by atoms with Crippen LogP contribution in [-0.4, -0.2) is 21.5 Å². The molecule has 0 unspecified atom stereocenters. The predicted molar refractivity (Wildman–Crippen MR) is 55.6 cm³/mol. The molecule has 5 heteroatoms. The molecule has 1 aromatic heterocycles. The Bertz CT molecular complexity index is 387. The SMILES string of the molecule is CCc1cc(=O)[nH]c(SCC(C)=O)n1. The summed E-state index contributed by atoms with van der Waals surface area (Å²) in [6.45, 7) is 3.44. The monoisotopic (exact) mass is 212 g/mol. The van der Waals surface area contributed by atoms with Crippen molar-refractivity contribution < 1.29 is 4.79 Å². The van der Waals surface area contributed by atoms with Crippen molar-refractivity contribution in [2.75, 3.05) is 5.75 Å². The van der Waals surface area contributed by atoms with Crippen LogP contribution in [0.2, 0.25) is 0 Å². The van der Waals surface area contributed by atoms with E-state index in [2.05, 4.69) is 9.97 Å². The summed E-state index contributed by atoms with van der Waals surface area (Å²) >= 11 is 1.26. The van der Waals surface area contributed by atoms with Crippen molar-refractivity contribution in [3.05, 3.63) is 22.1 Å². The van der Waals surface area contributed by atoms with Gasteiger partial charge in [-0.05, 0) is 13.3 Å². The molecule has 1 aromatic rings. The Hall–Kier alpha value is -1.10. The molecule has 1 heterocycles. The number of ketones is 1. The number of carbonyl (C=O) groups is 1. The Morgan fingerprint density at radius 2 is 2.36 bits per heavy atom. The van der Waals surface area contributed by atoms with Gasteiger partial charge in [0.1, 0.15) is 5.78 Å². The zero-order valence-corrected chi connectivity index (χ0v) is 8.98.